The van der Waals surface area contributed by atoms with E-state index < -0.39 is 5.60 Å². The normalized spacial score (nSPS) is 20.9. The van der Waals surface area contributed by atoms with Crippen molar-refractivity contribution in [2.75, 3.05) is 6.54 Å². The van der Waals surface area contributed by atoms with Gasteiger partial charge >= 0.3 is 6.09 Å². The zero-order chi connectivity index (χ0) is 10.6. The van der Waals surface area contributed by atoms with Crippen LogP contribution in [0, 0.1) is 5.92 Å². The van der Waals surface area contributed by atoms with Gasteiger partial charge in [0.05, 0.1) is 0 Å². The molecular formula is C11H19NO2. The van der Waals surface area contributed by atoms with Crippen molar-refractivity contribution in [2.45, 2.75) is 39.2 Å². The maximum Gasteiger partial charge on any atom is 0.407 e. The Hall–Kier alpha value is -0.990. The number of allylic oxidation sites excluding steroid dienone is 1. The zero-order valence-electron chi connectivity index (χ0n) is 9.17. The minimum atomic E-state index is -0.407. The van der Waals surface area contributed by atoms with Gasteiger partial charge in [-0.3, -0.25) is 0 Å². The van der Waals surface area contributed by atoms with E-state index in [1.165, 1.54) is 0 Å². The monoisotopic (exact) mass is 197 g/mol. The van der Waals surface area contributed by atoms with Gasteiger partial charge in [-0.25, -0.2) is 4.79 Å². The molecule has 1 N–H and O–H groups in total. The zero-order valence-corrected chi connectivity index (χ0v) is 9.17. The first kappa shape index (κ1) is 11.1. The van der Waals surface area contributed by atoms with Gasteiger partial charge in [0, 0.05) is 6.54 Å². The van der Waals surface area contributed by atoms with Crippen molar-refractivity contribution in [1.29, 1.82) is 0 Å². The fraction of sp³-hybridized carbons (Fsp3) is 0.727. The summed E-state index contributed by atoms with van der Waals surface area (Å²) >= 11 is 0. The van der Waals surface area contributed by atoms with Gasteiger partial charge in [0.1, 0.15) is 5.60 Å². The van der Waals surface area contributed by atoms with Gasteiger partial charge in [-0.15, -0.1) is 0 Å². The Morgan fingerprint density at radius 2 is 2.29 bits per heavy atom. The van der Waals surface area contributed by atoms with E-state index >= 15 is 0 Å². The number of hydrogen-bond donors (Lipinski definition) is 1. The summed E-state index contributed by atoms with van der Waals surface area (Å²) in [6.45, 7) is 6.28. The number of rotatable bonds is 2. The number of amides is 1. The molecule has 0 unspecified atom stereocenters. The lowest BCUT2D eigenvalue weighted by Crippen LogP contribution is -2.34. The van der Waals surface area contributed by atoms with Crippen molar-refractivity contribution >= 4 is 6.09 Å². The Labute approximate surface area is 85.5 Å². The first-order chi connectivity index (χ1) is 6.47. The molecule has 0 aromatic heterocycles. The van der Waals surface area contributed by atoms with Crippen molar-refractivity contribution < 1.29 is 9.53 Å². The SMILES string of the molecule is CC(C)(C)OC(=O)NC[C@H]1C=CCC1. The Kier molecular flexibility index (Phi) is 3.55. The first-order valence-corrected chi connectivity index (χ1v) is 5.11. The van der Waals surface area contributed by atoms with Gasteiger partial charge in [0.2, 0.25) is 0 Å². The third-order valence-corrected chi connectivity index (χ3v) is 2.02. The van der Waals surface area contributed by atoms with Crippen LogP contribution in [0.15, 0.2) is 12.2 Å². The minimum absolute atomic E-state index is 0.321. The quantitative estimate of drug-likeness (QED) is 0.691. The molecule has 1 amide bonds. The predicted molar refractivity (Wildman–Crippen MR) is 56.1 cm³/mol. The van der Waals surface area contributed by atoms with E-state index in [9.17, 15) is 4.79 Å². The highest BCUT2D eigenvalue weighted by atomic mass is 16.6. The van der Waals surface area contributed by atoms with Gasteiger partial charge in [0.25, 0.3) is 0 Å². The number of ether oxygens (including phenoxy) is 1. The van der Waals surface area contributed by atoms with Gasteiger partial charge in [-0.05, 0) is 39.5 Å². The molecule has 1 rings (SSSR count). The Morgan fingerprint density at radius 1 is 1.57 bits per heavy atom. The van der Waals surface area contributed by atoms with Crippen LogP contribution >= 0.6 is 0 Å². The molecule has 14 heavy (non-hydrogen) atoms. The predicted octanol–water partition coefficient (Wildman–Crippen LogP) is 2.48. The molecule has 0 radical (unpaired) electrons. The van der Waals surface area contributed by atoms with E-state index in [0.717, 1.165) is 12.8 Å². The van der Waals surface area contributed by atoms with Crippen molar-refractivity contribution in [3.63, 3.8) is 0 Å². The van der Waals surface area contributed by atoms with Crippen LogP contribution in [0.2, 0.25) is 0 Å². The van der Waals surface area contributed by atoms with Crippen molar-refractivity contribution in [3.05, 3.63) is 12.2 Å². The van der Waals surface area contributed by atoms with Gasteiger partial charge < -0.3 is 10.1 Å². The lowest BCUT2D eigenvalue weighted by Gasteiger charge is -2.20. The van der Waals surface area contributed by atoms with Gasteiger partial charge in [0.15, 0.2) is 0 Å². The molecule has 0 saturated heterocycles. The summed E-state index contributed by atoms with van der Waals surface area (Å²) in [7, 11) is 0. The van der Waals surface area contributed by atoms with Crippen LogP contribution in [0.5, 0.6) is 0 Å². The second kappa shape index (κ2) is 4.49. The Bertz CT molecular complexity index is 228. The van der Waals surface area contributed by atoms with Gasteiger partial charge in [-0.2, -0.15) is 0 Å². The van der Waals surface area contributed by atoms with Crippen molar-refractivity contribution in [2.24, 2.45) is 5.92 Å². The van der Waals surface area contributed by atoms with Crippen LogP contribution in [0.4, 0.5) is 4.79 Å². The smallest absolute Gasteiger partial charge is 0.407 e. The Morgan fingerprint density at radius 3 is 2.79 bits per heavy atom. The van der Waals surface area contributed by atoms with E-state index in [0.29, 0.717) is 12.5 Å². The number of hydrogen-bond acceptors (Lipinski definition) is 2. The topological polar surface area (TPSA) is 38.3 Å². The molecule has 0 aromatic carbocycles. The molecular weight excluding hydrogens is 178 g/mol. The molecule has 0 aliphatic heterocycles. The number of alkyl carbamates (subject to hydrolysis) is 1. The molecule has 0 saturated carbocycles. The lowest BCUT2D eigenvalue weighted by atomic mass is 10.1. The molecule has 0 aromatic rings. The van der Waals surface area contributed by atoms with Crippen LogP contribution in [0.3, 0.4) is 0 Å². The molecule has 0 fully saturated rings. The second-order valence-electron chi connectivity index (χ2n) is 4.65. The molecule has 1 aliphatic carbocycles. The third kappa shape index (κ3) is 4.30. The highest BCUT2D eigenvalue weighted by Gasteiger charge is 2.17. The summed E-state index contributed by atoms with van der Waals surface area (Å²) in [5.74, 6) is 0.488. The summed E-state index contributed by atoms with van der Waals surface area (Å²) in [4.78, 5) is 11.3. The molecule has 80 valence electrons. The van der Waals surface area contributed by atoms with E-state index in [-0.39, 0.29) is 6.09 Å². The highest BCUT2D eigenvalue weighted by Crippen LogP contribution is 2.15. The summed E-state index contributed by atoms with van der Waals surface area (Å²) < 4.78 is 5.12. The van der Waals surface area contributed by atoms with Crippen LogP contribution in [-0.4, -0.2) is 18.2 Å². The molecule has 0 spiro atoms. The first-order valence-electron chi connectivity index (χ1n) is 5.11. The summed E-state index contributed by atoms with van der Waals surface area (Å²) in [5.41, 5.74) is -0.407. The number of carbonyl (C=O) groups excluding carboxylic acids is 1. The molecule has 0 bridgehead atoms. The van der Waals surface area contributed by atoms with Crippen LogP contribution in [0.1, 0.15) is 33.6 Å². The molecule has 3 heteroatoms. The van der Waals surface area contributed by atoms with Crippen molar-refractivity contribution in [3.8, 4) is 0 Å². The molecule has 3 nitrogen and oxygen atoms in total. The minimum Gasteiger partial charge on any atom is -0.444 e. The number of nitrogens with one attached hydrogen (secondary N) is 1. The third-order valence-electron chi connectivity index (χ3n) is 2.02. The maximum atomic E-state index is 11.3. The van der Waals surface area contributed by atoms with E-state index in [1.54, 1.807) is 0 Å². The van der Waals surface area contributed by atoms with E-state index in [2.05, 4.69) is 17.5 Å². The molecule has 1 atom stereocenters. The van der Waals surface area contributed by atoms with Gasteiger partial charge in [-0.1, -0.05) is 12.2 Å². The van der Waals surface area contributed by atoms with Crippen molar-refractivity contribution in [1.82, 2.24) is 5.32 Å². The number of carbonyl (C=O) groups is 1. The lowest BCUT2D eigenvalue weighted by molar-refractivity contribution is 0.0522. The van der Waals surface area contributed by atoms with Crippen LogP contribution in [-0.2, 0) is 4.74 Å². The summed E-state index contributed by atoms with van der Waals surface area (Å²) in [5, 5.41) is 2.77. The summed E-state index contributed by atoms with van der Waals surface area (Å²) in [6, 6.07) is 0. The summed E-state index contributed by atoms with van der Waals surface area (Å²) in [6.07, 6.45) is 6.24. The maximum absolute atomic E-state index is 11.3. The average molecular weight is 197 g/mol. The fourth-order valence-electron chi connectivity index (χ4n) is 1.39. The average Bonchev–Trinajstić information content (AvgIpc) is 2.49. The molecule has 0 heterocycles. The highest BCUT2D eigenvalue weighted by molar-refractivity contribution is 5.67. The van der Waals surface area contributed by atoms with Crippen LogP contribution < -0.4 is 5.32 Å². The fourth-order valence-corrected chi connectivity index (χ4v) is 1.39. The van der Waals surface area contributed by atoms with E-state index in [4.69, 9.17) is 4.74 Å². The standard InChI is InChI=1S/C11H19NO2/c1-11(2,3)14-10(13)12-8-9-6-4-5-7-9/h4,6,9H,5,7-8H2,1-3H3,(H,12,13)/t9-/m0/s1. The molecule has 1 aliphatic rings. The largest absolute Gasteiger partial charge is 0.444 e. The van der Waals surface area contributed by atoms with E-state index in [1.807, 2.05) is 20.8 Å². The Balaban J connectivity index is 2.18. The van der Waals surface area contributed by atoms with Crippen LogP contribution in [0.25, 0.3) is 0 Å². The second-order valence-corrected chi connectivity index (χ2v) is 4.65.